The van der Waals surface area contributed by atoms with Crippen molar-refractivity contribution < 1.29 is 14.2 Å². The Kier molecular flexibility index (Phi) is 5.99. The number of nitrogens with one attached hydrogen (secondary N) is 1. The van der Waals surface area contributed by atoms with Gasteiger partial charge in [-0.1, -0.05) is 11.6 Å². The summed E-state index contributed by atoms with van der Waals surface area (Å²) in [6.45, 7) is 5.12. The van der Waals surface area contributed by atoms with Crippen molar-refractivity contribution in [1.29, 1.82) is 0 Å². The van der Waals surface area contributed by atoms with Crippen molar-refractivity contribution in [3.8, 4) is 17.2 Å². The Morgan fingerprint density at radius 3 is 2.26 bits per heavy atom. The lowest BCUT2D eigenvalue weighted by molar-refractivity contribution is 0.332. The van der Waals surface area contributed by atoms with E-state index in [1.165, 1.54) is 0 Å². The monoisotopic (exact) mass is 335 g/mol. The number of halogens is 1. The molecule has 2 aromatic carbocycles. The molecular formula is C18H22ClNO3. The molecule has 0 amide bonds. The van der Waals surface area contributed by atoms with E-state index in [1.807, 2.05) is 44.2 Å². The summed E-state index contributed by atoms with van der Waals surface area (Å²) in [6.07, 6.45) is 0. The van der Waals surface area contributed by atoms with Crippen LogP contribution in [0.1, 0.15) is 11.1 Å². The van der Waals surface area contributed by atoms with Crippen LogP contribution in [0.4, 0.5) is 5.69 Å². The number of anilines is 1. The Bertz CT molecular complexity index is 650. The van der Waals surface area contributed by atoms with Crippen LogP contribution >= 0.6 is 11.6 Å². The van der Waals surface area contributed by atoms with Crippen LogP contribution in [0.5, 0.6) is 17.2 Å². The minimum atomic E-state index is 0.529. The summed E-state index contributed by atoms with van der Waals surface area (Å²) in [6, 6.07) is 9.52. The third-order valence-electron chi connectivity index (χ3n) is 3.50. The average Bonchev–Trinajstić information content (AvgIpc) is 2.56. The van der Waals surface area contributed by atoms with Gasteiger partial charge in [0.1, 0.15) is 23.9 Å². The fourth-order valence-electron chi connectivity index (χ4n) is 2.30. The molecule has 5 heteroatoms. The highest BCUT2D eigenvalue weighted by atomic mass is 35.5. The molecule has 0 aliphatic carbocycles. The topological polar surface area (TPSA) is 39.7 Å². The summed E-state index contributed by atoms with van der Waals surface area (Å²) in [7, 11) is 3.28. The van der Waals surface area contributed by atoms with Gasteiger partial charge in [-0.25, -0.2) is 0 Å². The number of hydrogen-bond donors (Lipinski definition) is 1. The Morgan fingerprint density at radius 2 is 1.65 bits per heavy atom. The normalized spacial score (nSPS) is 10.3. The Morgan fingerprint density at radius 1 is 0.957 bits per heavy atom. The Balaban J connectivity index is 1.93. The summed E-state index contributed by atoms with van der Waals surface area (Å²) in [5.74, 6) is 2.37. The van der Waals surface area contributed by atoms with Crippen molar-refractivity contribution in [2.75, 3.05) is 32.7 Å². The molecule has 0 fully saturated rings. The van der Waals surface area contributed by atoms with Crippen LogP contribution in [0.3, 0.4) is 0 Å². The van der Waals surface area contributed by atoms with E-state index in [2.05, 4.69) is 5.32 Å². The molecule has 23 heavy (non-hydrogen) atoms. The van der Waals surface area contributed by atoms with Crippen LogP contribution < -0.4 is 19.5 Å². The van der Waals surface area contributed by atoms with Crippen LogP contribution in [0, 0.1) is 13.8 Å². The highest BCUT2D eigenvalue weighted by Crippen LogP contribution is 2.29. The lowest BCUT2D eigenvalue weighted by Crippen LogP contribution is -2.12. The molecule has 0 unspecified atom stereocenters. The number of benzene rings is 2. The summed E-state index contributed by atoms with van der Waals surface area (Å²) >= 11 is 6.16. The lowest BCUT2D eigenvalue weighted by Gasteiger charge is -2.14. The maximum Gasteiger partial charge on any atom is 0.142 e. The molecular weight excluding hydrogens is 314 g/mol. The third-order valence-corrected chi connectivity index (χ3v) is 4.10. The van der Waals surface area contributed by atoms with E-state index in [0.717, 1.165) is 39.1 Å². The highest BCUT2D eigenvalue weighted by molar-refractivity contribution is 6.32. The quantitative estimate of drug-likeness (QED) is 0.758. The fraction of sp³-hybridized carbons (Fsp3) is 0.333. The van der Waals surface area contributed by atoms with Gasteiger partial charge in [-0.3, -0.25) is 0 Å². The van der Waals surface area contributed by atoms with E-state index in [9.17, 15) is 0 Å². The van der Waals surface area contributed by atoms with Crippen molar-refractivity contribution in [2.45, 2.75) is 13.8 Å². The first kappa shape index (κ1) is 17.3. The van der Waals surface area contributed by atoms with Crippen LogP contribution in [0.2, 0.25) is 5.02 Å². The second kappa shape index (κ2) is 7.97. The molecule has 0 aliphatic rings. The van der Waals surface area contributed by atoms with Crippen LogP contribution in [0.15, 0.2) is 30.3 Å². The molecule has 0 spiro atoms. The van der Waals surface area contributed by atoms with E-state index < -0.39 is 0 Å². The summed E-state index contributed by atoms with van der Waals surface area (Å²) < 4.78 is 16.3. The molecule has 0 radical (unpaired) electrons. The van der Waals surface area contributed by atoms with Gasteiger partial charge >= 0.3 is 0 Å². The SMILES string of the molecule is COc1ccc(OC)c(NCCOc2cc(C)c(Cl)c(C)c2)c1. The molecule has 0 heterocycles. The summed E-state index contributed by atoms with van der Waals surface area (Å²) in [5.41, 5.74) is 2.91. The van der Waals surface area contributed by atoms with Gasteiger partial charge in [-0.15, -0.1) is 0 Å². The number of ether oxygens (including phenoxy) is 3. The molecule has 1 N–H and O–H groups in total. The van der Waals surface area contributed by atoms with Gasteiger partial charge in [0.25, 0.3) is 0 Å². The number of methoxy groups -OCH3 is 2. The van der Waals surface area contributed by atoms with Crippen molar-refractivity contribution >= 4 is 17.3 Å². The van der Waals surface area contributed by atoms with Gasteiger partial charge in [-0.2, -0.15) is 0 Å². The number of hydrogen-bond acceptors (Lipinski definition) is 4. The zero-order valence-electron chi connectivity index (χ0n) is 13.9. The zero-order valence-corrected chi connectivity index (χ0v) is 14.7. The van der Waals surface area contributed by atoms with E-state index in [0.29, 0.717) is 13.2 Å². The van der Waals surface area contributed by atoms with E-state index in [4.69, 9.17) is 25.8 Å². The van der Waals surface area contributed by atoms with Gasteiger partial charge in [0, 0.05) is 17.6 Å². The molecule has 0 bridgehead atoms. The van der Waals surface area contributed by atoms with Crippen LogP contribution in [-0.4, -0.2) is 27.4 Å². The van der Waals surface area contributed by atoms with Gasteiger partial charge < -0.3 is 19.5 Å². The first-order valence-electron chi connectivity index (χ1n) is 7.40. The molecule has 0 aromatic heterocycles. The predicted molar refractivity (Wildman–Crippen MR) is 94.5 cm³/mol. The summed E-state index contributed by atoms with van der Waals surface area (Å²) in [5, 5.41) is 4.08. The molecule has 4 nitrogen and oxygen atoms in total. The minimum Gasteiger partial charge on any atom is -0.497 e. The summed E-state index contributed by atoms with van der Waals surface area (Å²) in [4.78, 5) is 0. The van der Waals surface area contributed by atoms with Gasteiger partial charge in [-0.05, 0) is 49.2 Å². The van der Waals surface area contributed by atoms with Crippen molar-refractivity contribution in [2.24, 2.45) is 0 Å². The first-order chi connectivity index (χ1) is 11.0. The predicted octanol–water partition coefficient (Wildman–Crippen LogP) is 4.46. The molecule has 0 aliphatic heterocycles. The van der Waals surface area contributed by atoms with Crippen LogP contribution in [-0.2, 0) is 0 Å². The lowest BCUT2D eigenvalue weighted by atomic mass is 10.1. The molecule has 0 saturated carbocycles. The maximum atomic E-state index is 6.16. The van der Waals surface area contributed by atoms with Gasteiger partial charge in [0.05, 0.1) is 19.9 Å². The zero-order chi connectivity index (χ0) is 16.8. The second-order valence-electron chi connectivity index (χ2n) is 5.21. The average molecular weight is 336 g/mol. The molecule has 124 valence electrons. The third kappa shape index (κ3) is 4.45. The molecule has 0 saturated heterocycles. The van der Waals surface area contributed by atoms with E-state index in [1.54, 1.807) is 14.2 Å². The van der Waals surface area contributed by atoms with Gasteiger partial charge in [0.2, 0.25) is 0 Å². The maximum absolute atomic E-state index is 6.16. The highest BCUT2D eigenvalue weighted by Gasteiger charge is 2.06. The largest absolute Gasteiger partial charge is 0.497 e. The Labute approximate surface area is 142 Å². The molecule has 2 aromatic rings. The second-order valence-corrected chi connectivity index (χ2v) is 5.59. The van der Waals surface area contributed by atoms with E-state index >= 15 is 0 Å². The number of rotatable bonds is 7. The van der Waals surface area contributed by atoms with Gasteiger partial charge in [0.15, 0.2) is 0 Å². The van der Waals surface area contributed by atoms with Crippen molar-refractivity contribution in [3.63, 3.8) is 0 Å². The molecule has 0 atom stereocenters. The smallest absolute Gasteiger partial charge is 0.142 e. The van der Waals surface area contributed by atoms with Crippen molar-refractivity contribution in [1.82, 2.24) is 0 Å². The van der Waals surface area contributed by atoms with Crippen molar-refractivity contribution in [3.05, 3.63) is 46.5 Å². The standard InChI is InChI=1S/C18H22ClNO3/c1-12-9-15(10-13(2)18(12)19)23-8-7-20-16-11-14(21-3)5-6-17(16)22-4/h5-6,9-11,20H,7-8H2,1-4H3. The minimum absolute atomic E-state index is 0.529. The van der Waals surface area contributed by atoms with E-state index in [-0.39, 0.29) is 0 Å². The Hall–Kier alpha value is -2.07. The fourth-order valence-corrected chi connectivity index (χ4v) is 2.41. The number of aryl methyl sites for hydroxylation is 2. The molecule has 2 rings (SSSR count). The van der Waals surface area contributed by atoms with Crippen LogP contribution in [0.25, 0.3) is 0 Å². The first-order valence-corrected chi connectivity index (χ1v) is 7.78.